The Kier molecular flexibility index (Phi) is 5.00. The quantitative estimate of drug-likeness (QED) is 0.660. The number of rotatable bonds is 5. The Hall–Kier alpha value is -2.54. The van der Waals surface area contributed by atoms with Crippen molar-refractivity contribution >= 4 is 17.7 Å². The minimum Gasteiger partial charge on any atom is -0.272 e. The summed E-state index contributed by atoms with van der Waals surface area (Å²) in [6.07, 6.45) is 3.66. The minimum atomic E-state index is -0.271. The maximum atomic E-state index is 13.0. The highest BCUT2D eigenvalue weighted by Gasteiger charge is 2.16. The highest BCUT2D eigenvalue weighted by molar-refractivity contribution is 7.98. The molecule has 24 heavy (non-hydrogen) atoms. The Balaban J connectivity index is 1.86. The van der Waals surface area contributed by atoms with Gasteiger partial charge >= 0.3 is 0 Å². The Bertz CT molecular complexity index is 834. The number of halogens is 1. The van der Waals surface area contributed by atoms with E-state index in [0.29, 0.717) is 23.2 Å². The van der Waals surface area contributed by atoms with Crippen LogP contribution >= 0.6 is 11.8 Å². The van der Waals surface area contributed by atoms with E-state index >= 15 is 0 Å². The molecular weight excluding hydrogens is 327 g/mol. The third-order valence-electron chi connectivity index (χ3n) is 3.32. The maximum absolute atomic E-state index is 13.0. The lowest BCUT2D eigenvalue weighted by Crippen LogP contribution is -2.12. The van der Waals surface area contributed by atoms with Gasteiger partial charge < -0.3 is 0 Å². The minimum absolute atomic E-state index is 0.126. The predicted octanol–water partition coefficient (Wildman–Crippen LogP) is 3.82. The fourth-order valence-electron chi connectivity index (χ4n) is 2.05. The van der Waals surface area contributed by atoms with Gasteiger partial charge in [-0.1, -0.05) is 30.8 Å². The number of hydrogen-bond donors (Lipinski definition) is 0. The van der Waals surface area contributed by atoms with E-state index in [1.165, 1.54) is 28.6 Å². The van der Waals surface area contributed by atoms with Crippen molar-refractivity contribution in [2.24, 2.45) is 0 Å². The largest absolute Gasteiger partial charge is 0.272 e. The molecule has 0 amide bonds. The van der Waals surface area contributed by atoms with Gasteiger partial charge in [-0.25, -0.2) is 9.37 Å². The molecule has 0 aliphatic heterocycles. The maximum Gasteiger partial charge on any atom is 0.249 e. The van der Waals surface area contributed by atoms with Crippen LogP contribution < -0.4 is 0 Å². The molecular formula is C17H15FN4OS. The number of benzene rings is 1. The van der Waals surface area contributed by atoms with Gasteiger partial charge in [0, 0.05) is 30.1 Å². The predicted molar refractivity (Wildman–Crippen MR) is 90.1 cm³/mol. The van der Waals surface area contributed by atoms with Crippen LogP contribution in [0.5, 0.6) is 0 Å². The Morgan fingerprint density at radius 1 is 1.25 bits per heavy atom. The summed E-state index contributed by atoms with van der Waals surface area (Å²) >= 11 is 1.39. The fraction of sp³-hybridized carbons (Fsp3) is 0.176. The number of carbonyl (C=O) groups is 1. The molecule has 0 atom stereocenters. The van der Waals surface area contributed by atoms with Crippen LogP contribution in [0.2, 0.25) is 0 Å². The zero-order valence-corrected chi connectivity index (χ0v) is 13.8. The van der Waals surface area contributed by atoms with Gasteiger partial charge in [-0.05, 0) is 29.8 Å². The molecule has 0 spiro atoms. The molecule has 0 saturated heterocycles. The van der Waals surface area contributed by atoms with Crippen LogP contribution in [-0.4, -0.2) is 25.7 Å². The molecule has 0 fully saturated rings. The third kappa shape index (κ3) is 3.68. The molecule has 0 aliphatic carbocycles. The lowest BCUT2D eigenvalue weighted by atomic mass is 10.2. The second-order valence-electron chi connectivity index (χ2n) is 5.03. The first-order chi connectivity index (χ1) is 11.7. The van der Waals surface area contributed by atoms with Crippen LogP contribution in [0.15, 0.2) is 53.9 Å². The van der Waals surface area contributed by atoms with E-state index in [1.54, 1.807) is 37.5 Å². The van der Waals surface area contributed by atoms with Gasteiger partial charge in [0.05, 0.1) is 0 Å². The number of pyridine rings is 1. The summed E-state index contributed by atoms with van der Waals surface area (Å²) in [5, 5.41) is 4.83. The highest BCUT2D eigenvalue weighted by atomic mass is 32.2. The van der Waals surface area contributed by atoms with Gasteiger partial charge in [-0.2, -0.15) is 4.68 Å². The summed E-state index contributed by atoms with van der Waals surface area (Å²) in [6, 6.07) is 9.90. The monoisotopic (exact) mass is 342 g/mol. The smallest absolute Gasteiger partial charge is 0.249 e. The average molecular weight is 342 g/mol. The molecule has 2 heterocycles. The lowest BCUT2D eigenvalue weighted by molar-refractivity contribution is 0.0881. The molecule has 0 bridgehead atoms. The summed E-state index contributed by atoms with van der Waals surface area (Å²) in [5.41, 5.74) is 1.70. The first-order valence-electron chi connectivity index (χ1n) is 7.45. The van der Waals surface area contributed by atoms with E-state index in [4.69, 9.17) is 0 Å². The second-order valence-corrected chi connectivity index (χ2v) is 5.98. The zero-order chi connectivity index (χ0) is 16.9. The Labute approximate surface area is 143 Å². The molecule has 7 heteroatoms. The molecule has 0 saturated carbocycles. The van der Waals surface area contributed by atoms with Crippen molar-refractivity contribution in [3.63, 3.8) is 0 Å². The van der Waals surface area contributed by atoms with Gasteiger partial charge in [-0.15, -0.1) is 5.10 Å². The third-order valence-corrected chi connectivity index (χ3v) is 4.32. The zero-order valence-electron chi connectivity index (χ0n) is 13.0. The number of carbonyl (C=O) groups excluding carboxylic acids is 1. The molecule has 0 aliphatic rings. The summed E-state index contributed by atoms with van der Waals surface area (Å²) in [4.78, 5) is 20.6. The van der Waals surface area contributed by atoms with E-state index in [0.717, 1.165) is 11.1 Å². The van der Waals surface area contributed by atoms with E-state index < -0.39 is 0 Å². The number of aromatic nitrogens is 4. The van der Waals surface area contributed by atoms with E-state index in [1.807, 2.05) is 6.07 Å². The first kappa shape index (κ1) is 16.3. The van der Waals surface area contributed by atoms with Gasteiger partial charge in [0.25, 0.3) is 0 Å². The van der Waals surface area contributed by atoms with E-state index in [-0.39, 0.29) is 11.7 Å². The fourth-order valence-corrected chi connectivity index (χ4v) is 2.95. The molecule has 0 unspecified atom stereocenters. The van der Waals surface area contributed by atoms with Crippen LogP contribution in [0.25, 0.3) is 11.4 Å². The summed E-state index contributed by atoms with van der Waals surface area (Å²) in [7, 11) is 0. The molecule has 5 nitrogen and oxygen atoms in total. The molecule has 3 rings (SSSR count). The highest BCUT2D eigenvalue weighted by Crippen LogP contribution is 2.24. The number of nitrogens with zero attached hydrogens (tertiary/aromatic N) is 4. The van der Waals surface area contributed by atoms with Crippen molar-refractivity contribution in [2.75, 3.05) is 0 Å². The second kappa shape index (κ2) is 7.35. The number of hydrogen-bond acceptors (Lipinski definition) is 5. The van der Waals surface area contributed by atoms with E-state index in [9.17, 15) is 9.18 Å². The molecule has 3 aromatic rings. The van der Waals surface area contributed by atoms with Crippen molar-refractivity contribution in [1.29, 1.82) is 0 Å². The standard InChI is InChI=1S/C17H15FN4OS/c1-2-15(23)22-17(24-11-12-5-7-14(18)8-6-12)20-16(21-22)13-4-3-9-19-10-13/h3-10H,2,11H2,1H3. The molecule has 2 aromatic heterocycles. The SMILES string of the molecule is CCC(=O)n1nc(-c2cccnc2)nc1SCc1ccc(F)cc1. The van der Waals surface area contributed by atoms with Crippen molar-refractivity contribution in [2.45, 2.75) is 24.3 Å². The van der Waals surface area contributed by atoms with E-state index in [2.05, 4.69) is 15.1 Å². The van der Waals surface area contributed by atoms with Crippen molar-refractivity contribution in [3.05, 3.63) is 60.2 Å². The Morgan fingerprint density at radius 2 is 2.04 bits per heavy atom. The van der Waals surface area contributed by atoms with Gasteiger partial charge in [0.1, 0.15) is 5.82 Å². The number of thioether (sulfide) groups is 1. The van der Waals surface area contributed by atoms with Gasteiger partial charge in [-0.3, -0.25) is 9.78 Å². The van der Waals surface area contributed by atoms with Crippen LogP contribution in [0.1, 0.15) is 23.7 Å². The van der Waals surface area contributed by atoms with Crippen LogP contribution in [0.4, 0.5) is 4.39 Å². The summed E-state index contributed by atoms with van der Waals surface area (Å²) in [6.45, 7) is 1.78. The van der Waals surface area contributed by atoms with Crippen molar-refractivity contribution in [3.8, 4) is 11.4 Å². The van der Waals surface area contributed by atoms with Crippen molar-refractivity contribution in [1.82, 2.24) is 19.7 Å². The topological polar surface area (TPSA) is 60.7 Å². The molecule has 0 radical (unpaired) electrons. The molecule has 1 aromatic carbocycles. The van der Waals surface area contributed by atoms with Gasteiger partial charge in [0.15, 0.2) is 11.0 Å². The lowest BCUT2D eigenvalue weighted by Gasteiger charge is -2.03. The molecule has 122 valence electrons. The van der Waals surface area contributed by atoms with Crippen molar-refractivity contribution < 1.29 is 9.18 Å². The van der Waals surface area contributed by atoms with Crippen LogP contribution in [0.3, 0.4) is 0 Å². The normalized spacial score (nSPS) is 10.8. The molecule has 0 N–H and O–H groups in total. The Morgan fingerprint density at radius 3 is 2.71 bits per heavy atom. The first-order valence-corrected chi connectivity index (χ1v) is 8.44. The summed E-state index contributed by atoms with van der Waals surface area (Å²) < 4.78 is 14.3. The van der Waals surface area contributed by atoms with Crippen LogP contribution in [-0.2, 0) is 5.75 Å². The summed E-state index contributed by atoms with van der Waals surface area (Å²) in [5.74, 6) is 0.639. The van der Waals surface area contributed by atoms with Gasteiger partial charge in [0.2, 0.25) is 5.91 Å². The van der Waals surface area contributed by atoms with Crippen LogP contribution in [0, 0.1) is 5.82 Å². The average Bonchev–Trinajstić information content (AvgIpc) is 3.05.